The molecular formula is C66H78ClN5O13S. The molecule has 1 unspecified atom stereocenters. The number of thioether (sulfide) groups is 1. The van der Waals surface area contributed by atoms with Crippen LogP contribution in [0.1, 0.15) is 107 Å². The van der Waals surface area contributed by atoms with Gasteiger partial charge in [0.2, 0.25) is 29.5 Å². The minimum Gasteiger partial charge on any atom is -0.457 e. The number of hydrogen-bond donors (Lipinski definition) is 5. The molecule has 3 saturated heterocycles. The van der Waals surface area contributed by atoms with Crippen LogP contribution in [0.5, 0.6) is 0 Å². The molecule has 458 valence electrons. The van der Waals surface area contributed by atoms with Crippen molar-refractivity contribution in [2.75, 3.05) is 37.9 Å². The number of carbonyl (C=O) groups is 7. The minimum atomic E-state index is -1.92. The number of anilines is 1. The van der Waals surface area contributed by atoms with E-state index in [9.17, 15) is 48.9 Å². The maximum absolute atomic E-state index is 14.4. The highest BCUT2D eigenvalue weighted by atomic mass is 35.5. The molecule has 6 amide bonds. The Morgan fingerprint density at radius 3 is 2.13 bits per heavy atom. The Morgan fingerprint density at radius 2 is 1.53 bits per heavy atom. The average Bonchev–Trinajstić information content (AvgIpc) is 1.64. The molecule has 18 nitrogen and oxygen atoms in total. The number of nitrogens with zero attached hydrogens (tertiary/aromatic N) is 3. The summed E-state index contributed by atoms with van der Waals surface area (Å²) >= 11 is 8.02. The number of epoxide rings is 1. The van der Waals surface area contributed by atoms with Crippen molar-refractivity contribution in [3.8, 4) is 0 Å². The summed E-state index contributed by atoms with van der Waals surface area (Å²) in [5.74, 6) is -4.13. The third-order valence-corrected chi connectivity index (χ3v) is 19.8. The van der Waals surface area contributed by atoms with Crippen LogP contribution in [0.2, 0.25) is 5.02 Å². The zero-order chi connectivity index (χ0) is 61.7. The molecule has 4 bridgehead atoms. The SMILES string of the molecule is C/C1=C\C=C\[C@@H](CO)[C@@]2(O)C[C@H](OC(=O)N2)[C@@H](C)[C@@H]2O[C@@]2(C)[C@@H](OC(=O)[C@H](C)N(C)C(=O)CCSC2CC(=O)N(CC3CCC(C(=O)NC(c4ccccc4)(c4ccccc4)c4ccccc4)CC3)C2=O)CC(=O)N(C)c2cc(cc(CO)c2Cl)C1. The highest BCUT2D eigenvalue weighted by Crippen LogP contribution is 2.50. The summed E-state index contributed by atoms with van der Waals surface area (Å²) < 4.78 is 18.2. The van der Waals surface area contributed by atoms with Gasteiger partial charge in [-0.1, -0.05) is 139 Å². The molecule has 1 saturated carbocycles. The van der Waals surface area contributed by atoms with Crippen LogP contribution in [0.3, 0.4) is 0 Å². The molecular weight excluding hydrogens is 1140 g/mol. The second-order valence-corrected chi connectivity index (χ2v) is 25.6. The van der Waals surface area contributed by atoms with Gasteiger partial charge in [-0.25, -0.2) is 9.59 Å². The van der Waals surface area contributed by atoms with Crippen molar-refractivity contribution in [1.29, 1.82) is 0 Å². The van der Waals surface area contributed by atoms with Crippen molar-refractivity contribution < 1.29 is 63.1 Å². The van der Waals surface area contributed by atoms with Gasteiger partial charge in [-0.3, -0.25) is 34.2 Å². The van der Waals surface area contributed by atoms with Crippen LogP contribution in [0.4, 0.5) is 10.5 Å². The second kappa shape index (κ2) is 27.0. The van der Waals surface area contributed by atoms with E-state index in [4.69, 9.17) is 25.8 Å². The number of aliphatic hydroxyl groups excluding tert-OH is 2. The first-order valence-corrected chi connectivity index (χ1v) is 31.0. The largest absolute Gasteiger partial charge is 0.457 e. The first-order chi connectivity index (χ1) is 41.1. The van der Waals surface area contributed by atoms with Gasteiger partial charge < -0.3 is 44.6 Å². The number of imide groups is 1. The van der Waals surface area contributed by atoms with Gasteiger partial charge in [0.1, 0.15) is 29.4 Å². The Bertz CT molecular complexity index is 3120. The molecule has 4 heterocycles. The fraction of sp³-hybridized carbons (Fsp3) is 0.470. The Balaban J connectivity index is 0.814. The number of alkyl carbamates (subject to hydrolysis) is 1. The summed E-state index contributed by atoms with van der Waals surface area (Å²) in [4.78, 5) is 101. The molecule has 4 aromatic carbocycles. The Hall–Kier alpha value is -6.87. The van der Waals surface area contributed by atoms with Crippen LogP contribution in [-0.2, 0) is 61.5 Å². The number of esters is 1. The smallest absolute Gasteiger partial charge is 0.409 e. The van der Waals surface area contributed by atoms with Crippen LogP contribution in [0, 0.1) is 23.7 Å². The number of halogens is 1. The first-order valence-electron chi connectivity index (χ1n) is 29.5. The summed E-state index contributed by atoms with van der Waals surface area (Å²) in [6.07, 6.45) is 3.35. The van der Waals surface area contributed by atoms with Crippen molar-refractivity contribution in [2.45, 2.75) is 139 Å². The van der Waals surface area contributed by atoms with Gasteiger partial charge in [0, 0.05) is 63.4 Å². The maximum Gasteiger partial charge on any atom is 0.409 e. The lowest BCUT2D eigenvalue weighted by molar-refractivity contribution is -0.162. The number of likely N-dealkylation sites (N-methyl/N-ethyl adjacent to an activating group) is 1. The third kappa shape index (κ3) is 13.6. The van der Waals surface area contributed by atoms with Crippen molar-refractivity contribution in [3.05, 3.63) is 160 Å². The van der Waals surface area contributed by atoms with Crippen molar-refractivity contribution in [3.63, 3.8) is 0 Å². The molecule has 9 atom stereocenters. The van der Waals surface area contributed by atoms with E-state index in [1.165, 1.54) is 47.5 Å². The lowest BCUT2D eigenvalue weighted by Gasteiger charge is -2.42. The number of hydrogen-bond acceptors (Lipinski definition) is 14. The monoisotopic (exact) mass is 1220 g/mol. The molecule has 4 fully saturated rings. The number of ether oxygens (including phenoxy) is 3. The number of fused-ring (bicyclic) bond motifs is 5. The van der Waals surface area contributed by atoms with E-state index in [1.807, 2.05) is 97.9 Å². The predicted octanol–water partition coefficient (Wildman–Crippen LogP) is 7.76. The third-order valence-electron chi connectivity index (χ3n) is 18.2. The molecule has 20 heteroatoms. The van der Waals surface area contributed by atoms with E-state index < -0.39 is 102 Å². The molecule has 4 aromatic rings. The lowest BCUT2D eigenvalue weighted by atomic mass is 9.75. The van der Waals surface area contributed by atoms with Crippen molar-refractivity contribution in [2.24, 2.45) is 23.7 Å². The highest BCUT2D eigenvalue weighted by Gasteiger charge is 2.64. The van der Waals surface area contributed by atoms with E-state index >= 15 is 0 Å². The van der Waals surface area contributed by atoms with Gasteiger partial charge in [0.25, 0.3) is 0 Å². The van der Waals surface area contributed by atoms with Crippen LogP contribution in [0.15, 0.2) is 127 Å². The van der Waals surface area contributed by atoms with Gasteiger partial charge in [-0.15, -0.1) is 11.8 Å². The van der Waals surface area contributed by atoms with Crippen molar-refractivity contribution in [1.82, 2.24) is 20.4 Å². The van der Waals surface area contributed by atoms with Crippen LogP contribution in [-0.4, -0.2) is 141 Å². The van der Waals surface area contributed by atoms with E-state index in [0.29, 0.717) is 48.9 Å². The molecule has 0 spiro atoms. The van der Waals surface area contributed by atoms with Crippen molar-refractivity contribution >= 4 is 70.6 Å². The molecule has 5 N–H and O–H groups in total. The van der Waals surface area contributed by atoms with Crippen LogP contribution < -0.4 is 15.5 Å². The van der Waals surface area contributed by atoms with E-state index in [2.05, 4.69) is 10.6 Å². The average molecular weight is 1220 g/mol. The van der Waals surface area contributed by atoms with Gasteiger partial charge >= 0.3 is 12.1 Å². The maximum atomic E-state index is 14.4. The molecule has 9 rings (SSSR count). The fourth-order valence-corrected chi connectivity index (χ4v) is 14.1. The zero-order valence-electron chi connectivity index (χ0n) is 49.5. The summed E-state index contributed by atoms with van der Waals surface area (Å²) in [5.41, 5.74) is 0.815. The number of allylic oxidation sites excluding steroid dienone is 3. The Labute approximate surface area is 511 Å². The number of benzene rings is 4. The summed E-state index contributed by atoms with van der Waals surface area (Å²) in [6, 6.07) is 32.2. The lowest BCUT2D eigenvalue weighted by Crippen LogP contribution is -2.62. The number of amides is 6. The number of rotatable bonds is 16. The number of aliphatic hydroxyl groups is 3. The van der Waals surface area contributed by atoms with Gasteiger partial charge in [-0.2, -0.15) is 0 Å². The predicted molar refractivity (Wildman–Crippen MR) is 325 cm³/mol. The summed E-state index contributed by atoms with van der Waals surface area (Å²) in [6.45, 7) is 6.08. The summed E-state index contributed by atoms with van der Waals surface area (Å²) in [5, 5.41) is 38.1. The Kier molecular flexibility index (Phi) is 20.0. The highest BCUT2D eigenvalue weighted by molar-refractivity contribution is 8.00. The Morgan fingerprint density at radius 1 is 0.919 bits per heavy atom. The van der Waals surface area contributed by atoms with Crippen LogP contribution >= 0.6 is 23.4 Å². The quantitative estimate of drug-likeness (QED) is 0.0312. The van der Waals surface area contributed by atoms with E-state index in [-0.39, 0.29) is 66.1 Å². The zero-order valence-corrected chi connectivity index (χ0v) is 51.1. The summed E-state index contributed by atoms with van der Waals surface area (Å²) in [7, 11) is 2.97. The minimum absolute atomic E-state index is 0.0109. The first kappa shape index (κ1) is 63.6. The molecule has 86 heavy (non-hydrogen) atoms. The topological polar surface area (TPSA) is 245 Å². The molecule has 1 aliphatic carbocycles. The molecule has 0 aromatic heterocycles. The fourth-order valence-electron chi connectivity index (χ4n) is 12.7. The van der Waals surface area contributed by atoms with Gasteiger partial charge in [0.05, 0.1) is 41.7 Å². The number of nitrogens with one attached hydrogen (secondary N) is 2. The standard InChI is InChI=1S/C66H78ClN5O13S/c1-40-17-16-24-50(39-74)65(82)36-52(83-63(81)69-65)41(2)59-64(4,85-59)54(35-56(76)71(6)51-33-44(31-40)32-46(38-73)58(51)67)84-62(80)42(3)70(5)55(75)29-30-86-53-34-57(77)72(61(53)79)37-43-25-27-45(28-26-43)60(78)68-66(47-18-10-7-11-19-47,48-20-12-8-13-21-48)49-22-14-9-15-23-49/h7-24,32-33,41-43,45,50,52-54,59,73-74,82H,25-31,34-39H2,1-6H3,(H,68,78)(H,69,81)/b24-16+,40-17+/t41-,42+,43?,45?,50+,52+,53?,54+,59+,64+,65+/m1/s1. The van der Waals surface area contributed by atoms with Crippen LogP contribution in [0.25, 0.3) is 0 Å². The number of carbonyl (C=O) groups excluding carboxylic acids is 7. The van der Waals surface area contributed by atoms with E-state index in [0.717, 1.165) is 22.3 Å². The molecule has 5 aliphatic rings. The second-order valence-electron chi connectivity index (χ2n) is 23.9. The number of likely N-dealkylation sites (tertiary alicyclic amines) is 1. The van der Waals surface area contributed by atoms with Gasteiger partial charge in [-0.05, 0) is 92.7 Å². The normalized spacial score (nSPS) is 28.5. The van der Waals surface area contributed by atoms with Gasteiger partial charge in [0.15, 0.2) is 5.72 Å². The molecule has 4 aliphatic heterocycles. The van der Waals surface area contributed by atoms with E-state index in [1.54, 1.807) is 44.2 Å². The molecule has 0 radical (unpaired) electrons.